The molecule has 2 rings (SSSR count). The predicted molar refractivity (Wildman–Crippen MR) is 74.5 cm³/mol. The molecule has 0 spiro atoms. The first-order valence-electron chi connectivity index (χ1n) is 6.47. The van der Waals surface area contributed by atoms with E-state index in [4.69, 9.17) is 0 Å². The Bertz CT molecular complexity index is 491. The molecule has 0 atom stereocenters. The van der Waals surface area contributed by atoms with Gasteiger partial charge in [0.15, 0.2) is 0 Å². The minimum absolute atomic E-state index is 0.975. The molecule has 2 heteroatoms. The van der Waals surface area contributed by atoms with Crippen LogP contribution in [0, 0.1) is 0 Å². The second-order valence-corrected chi connectivity index (χ2v) is 4.40. The maximum absolute atomic E-state index is 4.60. The van der Waals surface area contributed by atoms with E-state index < -0.39 is 0 Å². The fraction of sp³-hybridized carbons (Fsp3) is 0.400. The Balaban J connectivity index is 2.26. The Morgan fingerprint density at radius 2 is 1.94 bits per heavy atom. The van der Waals surface area contributed by atoms with Crippen LogP contribution in [0.1, 0.15) is 32.3 Å². The average molecular weight is 228 g/mol. The van der Waals surface area contributed by atoms with Gasteiger partial charge in [-0.3, -0.25) is 0 Å². The highest BCUT2D eigenvalue weighted by molar-refractivity contribution is 5.80. The minimum Gasteiger partial charge on any atom is -0.370 e. The lowest BCUT2D eigenvalue weighted by molar-refractivity contribution is 0.923. The van der Waals surface area contributed by atoms with Crippen LogP contribution in [-0.2, 0) is 6.42 Å². The molecule has 1 heterocycles. The molecule has 0 radical (unpaired) electrons. The molecule has 0 saturated heterocycles. The molecule has 90 valence electrons. The quantitative estimate of drug-likeness (QED) is 0.836. The third-order valence-electron chi connectivity index (χ3n) is 2.85. The first-order valence-corrected chi connectivity index (χ1v) is 6.47. The van der Waals surface area contributed by atoms with E-state index in [0.717, 1.165) is 30.7 Å². The fourth-order valence-corrected chi connectivity index (χ4v) is 1.97. The van der Waals surface area contributed by atoms with Crippen LogP contribution in [0.2, 0.25) is 0 Å². The number of hydrogen-bond donors (Lipinski definition) is 1. The molecule has 0 unspecified atom stereocenters. The first-order chi connectivity index (χ1) is 8.33. The number of anilines is 1. The Morgan fingerprint density at radius 3 is 2.71 bits per heavy atom. The summed E-state index contributed by atoms with van der Waals surface area (Å²) in [5.41, 5.74) is 2.47. The fourth-order valence-electron chi connectivity index (χ4n) is 1.97. The summed E-state index contributed by atoms with van der Waals surface area (Å²) in [5.74, 6) is 0.975. The molecule has 0 saturated carbocycles. The van der Waals surface area contributed by atoms with Crippen LogP contribution in [0.25, 0.3) is 10.9 Å². The van der Waals surface area contributed by atoms with Crippen molar-refractivity contribution in [1.29, 1.82) is 0 Å². The average Bonchev–Trinajstić information content (AvgIpc) is 2.36. The highest BCUT2D eigenvalue weighted by Gasteiger charge is 1.99. The number of rotatable bonds is 5. The molecule has 1 aromatic heterocycles. The predicted octanol–water partition coefficient (Wildman–Crippen LogP) is 4.01. The van der Waals surface area contributed by atoms with E-state index in [1.165, 1.54) is 17.4 Å². The summed E-state index contributed by atoms with van der Waals surface area (Å²) in [6, 6.07) is 10.8. The van der Waals surface area contributed by atoms with Gasteiger partial charge in [-0.2, -0.15) is 0 Å². The van der Waals surface area contributed by atoms with E-state index in [-0.39, 0.29) is 0 Å². The molecule has 2 nitrogen and oxygen atoms in total. The van der Waals surface area contributed by atoms with E-state index in [2.05, 4.69) is 54.5 Å². The zero-order valence-electron chi connectivity index (χ0n) is 10.7. The maximum atomic E-state index is 4.60. The Hall–Kier alpha value is -1.57. The lowest BCUT2D eigenvalue weighted by atomic mass is 10.1. The third kappa shape index (κ3) is 2.96. The van der Waals surface area contributed by atoms with Crippen LogP contribution in [0.15, 0.2) is 30.3 Å². The molecule has 17 heavy (non-hydrogen) atoms. The molecule has 0 aliphatic heterocycles. The van der Waals surface area contributed by atoms with Crippen LogP contribution in [0.5, 0.6) is 0 Å². The summed E-state index contributed by atoms with van der Waals surface area (Å²) in [7, 11) is 0. The van der Waals surface area contributed by atoms with Crippen molar-refractivity contribution in [2.75, 3.05) is 11.9 Å². The van der Waals surface area contributed by atoms with Gasteiger partial charge >= 0.3 is 0 Å². The number of aromatic nitrogens is 1. The monoisotopic (exact) mass is 228 g/mol. The van der Waals surface area contributed by atoms with Crippen LogP contribution >= 0.6 is 0 Å². The maximum Gasteiger partial charge on any atom is 0.126 e. The number of aryl methyl sites for hydroxylation is 1. The molecule has 1 aromatic carbocycles. The van der Waals surface area contributed by atoms with E-state index in [1.54, 1.807) is 0 Å². The molecule has 0 aliphatic rings. The van der Waals surface area contributed by atoms with Crippen molar-refractivity contribution in [1.82, 2.24) is 4.98 Å². The summed E-state index contributed by atoms with van der Waals surface area (Å²) in [4.78, 5) is 4.60. The van der Waals surface area contributed by atoms with Crippen molar-refractivity contribution >= 4 is 16.7 Å². The van der Waals surface area contributed by atoms with Crippen molar-refractivity contribution in [2.45, 2.75) is 33.1 Å². The van der Waals surface area contributed by atoms with Gasteiger partial charge in [-0.15, -0.1) is 0 Å². The number of pyridine rings is 1. The van der Waals surface area contributed by atoms with E-state index in [1.807, 2.05) is 0 Å². The highest BCUT2D eigenvalue weighted by atomic mass is 15.0. The smallest absolute Gasteiger partial charge is 0.126 e. The normalized spacial score (nSPS) is 10.7. The van der Waals surface area contributed by atoms with Gasteiger partial charge in [0, 0.05) is 11.9 Å². The summed E-state index contributed by atoms with van der Waals surface area (Å²) in [6.07, 6.45) is 3.45. The lowest BCUT2D eigenvalue weighted by Crippen LogP contribution is -2.01. The summed E-state index contributed by atoms with van der Waals surface area (Å²) in [6.45, 7) is 5.34. The van der Waals surface area contributed by atoms with Crippen LogP contribution in [0.4, 0.5) is 5.82 Å². The largest absolute Gasteiger partial charge is 0.370 e. The lowest BCUT2D eigenvalue weighted by Gasteiger charge is -2.06. The molecule has 0 aliphatic carbocycles. The second-order valence-electron chi connectivity index (χ2n) is 4.40. The molecule has 0 amide bonds. The van der Waals surface area contributed by atoms with Gasteiger partial charge in [-0.25, -0.2) is 4.98 Å². The van der Waals surface area contributed by atoms with Crippen LogP contribution in [-0.4, -0.2) is 11.5 Å². The van der Waals surface area contributed by atoms with E-state index in [0.29, 0.717) is 0 Å². The van der Waals surface area contributed by atoms with Crippen LogP contribution < -0.4 is 5.32 Å². The van der Waals surface area contributed by atoms with Gasteiger partial charge in [-0.05, 0) is 42.7 Å². The SMILES string of the molecule is CCCNc1ccc2cc(CCC)ccc2n1. The number of benzene rings is 1. The Labute approximate surface area is 103 Å². The van der Waals surface area contributed by atoms with E-state index in [9.17, 15) is 0 Å². The highest BCUT2D eigenvalue weighted by Crippen LogP contribution is 2.17. The van der Waals surface area contributed by atoms with Crippen molar-refractivity contribution in [3.63, 3.8) is 0 Å². The summed E-state index contributed by atoms with van der Waals surface area (Å²) < 4.78 is 0. The summed E-state index contributed by atoms with van der Waals surface area (Å²) >= 11 is 0. The van der Waals surface area contributed by atoms with Gasteiger partial charge in [0.05, 0.1) is 5.52 Å². The topological polar surface area (TPSA) is 24.9 Å². The third-order valence-corrected chi connectivity index (χ3v) is 2.85. The van der Waals surface area contributed by atoms with Gasteiger partial charge < -0.3 is 5.32 Å². The van der Waals surface area contributed by atoms with Gasteiger partial charge in [0.1, 0.15) is 5.82 Å². The molecule has 2 aromatic rings. The number of nitrogens with zero attached hydrogens (tertiary/aromatic N) is 1. The van der Waals surface area contributed by atoms with Crippen molar-refractivity contribution in [3.8, 4) is 0 Å². The van der Waals surface area contributed by atoms with Crippen LogP contribution in [0.3, 0.4) is 0 Å². The zero-order chi connectivity index (χ0) is 12.1. The number of nitrogens with one attached hydrogen (secondary N) is 1. The molecule has 0 bridgehead atoms. The zero-order valence-corrected chi connectivity index (χ0v) is 10.7. The van der Waals surface area contributed by atoms with Crippen molar-refractivity contribution in [3.05, 3.63) is 35.9 Å². The van der Waals surface area contributed by atoms with Gasteiger partial charge in [0.2, 0.25) is 0 Å². The van der Waals surface area contributed by atoms with E-state index >= 15 is 0 Å². The molecule has 0 fully saturated rings. The van der Waals surface area contributed by atoms with Gasteiger partial charge in [-0.1, -0.05) is 26.3 Å². The Morgan fingerprint density at radius 1 is 1.06 bits per heavy atom. The number of hydrogen-bond acceptors (Lipinski definition) is 2. The first kappa shape index (κ1) is 11.9. The van der Waals surface area contributed by atoms with Crippen molar-refractivity contribution in [2.24, 2.45) is 0 Å². The standard InChI is InChI=1S/C15H20N2/c1-3-5-12-6-8-14-13(11-12)7-9-15(17-14)16-10-4-2/h6-9,11H,3-5,10H2,1-2H3,(H,16,17). The summed E-state index contributed by atoms with van der Waals surface area (Å²) in [5, 5.41) is 4.55. The molecular weight excluding hydrogens is 208 g/mol. The van der Waals surface area contributed by atoms with Crippen molar-refractivity contribution < 1.29 is 0 Å². The minimum atomic E-state index is 0.975. The number of fused-ring (bicyclic) bond motifs is 1. The second kappa shape index (κ2) is 5.67. The molecular formula is C15H20N2. The molecule has 1 N–H and O–H groups in total. The van der Waals surface area contributed by atoms with Gasteiger partial charge in [0.25, 0.3) is 0 Å². The Kier molecular flexibility index (Phi) is 3.97.